The minimum absolute atomic E-state index is 0.0432. The Labute approximate surface area is 90.7 Å². The van der Waals surface area contributed by atoms with Crippen molar-refractivity contribution in [2.45, 2.75) is 32.6 Å². The summed E-state index contributed by atoms with van der Waals surface area (Å²) in [7, 11) is 0. The lowest BCUT2D eigenvalue weighted by atomic mass is 10.2. The van der Waals surface area contributed by atoms with Crippen molar-refractivity contribution < 1.29 is 13.2 Å². The van der Waals surface area contributed by atoms with E-state index in [2.05, 4.69) is 0 Å². The minimum atomic E-state index is -4.51. The minimum Gasteiger partial charge on any atom is -0.326 e. The van der Waals surface area contributed by atoms with Gasteiger partial charge in [-0.15, -0.1) is 0 Å². The molecule has 0 fully saturated rings. The standard InChI is InChI=1S/C10H13F3N2O/c1-2-5-15-8(10(11,12)13)4-3-7(6-14)9(15)16/h3-4H,2,5-6,14H2,1H3. The number of hydrogen-bond acceptors (Lipinski definition) is 2. The van der Waals surface area contributed by atoms with Crippen LogP contribution < -0.4 is 11.3 Å². The number of nitrogens with two attached hydrogens (primary N) is 1. The number of nitrogens with zero attached hydrogens (tertiary/aromatic N) is 1. The van der Waals surface area contributed by atoms with Crippen LogP contribution in [-0.4, -0.2) is 4.57 Å². The number of rotatable bonds is 3. The smallest absolute Gasteiger partial charge is 0.326 e. The molecule has 1 heterocycles. The van der Waals surface area contributed by atoms with E-state index in [4.69, 9.17) is 5.73 Å². The predicted octanol–water partition coefficient (Wildman–Crippen LogP) is 1.74. The Morgan fingerprint density at radius 2 is 2.00 bits per heavy atom. The number of hydrogen-bond donors (Lipinski definition) is 1. The Hall–Kier alpha value is -1.30. The molecule has 0 aromatic carbocycles. The summed E-state index contributed by atoms with van der Waals surface area (Å²) in [6.45, 7) is 1.70. The molecular weight excluding hydrogens is 221 g/mol. The van der Waals surface area contributed by atoms with Crippen LogP contribution in [0.15, 0.2) is 16.9 Å². The van der Waals surface area contributed by atoms with Crippen LogP contribution in [0, 0.1) is 0 Å². The van der Waals surface area contributed by atoms with Gasteiger partial charge < -0.3 is 10.3 Å². The van der Waals surface area contributed by atoms with Gasteiger partial charge in [-0.2, -0.15) is 13.2 Å². The zero-order valence-electron chi connectivity index (χ0n) is 8.84. The van der Waals surface area contributed by atoms with Crippen LogP contribution in [0.1, 0.15) is 24.6 Å². The largest absolute Gasteiger partial charge is 0.431 e. The van der Waals surface area contributed by atoms with Crippen LogP contribution in [0.2, 0.25) is 0 Å². The molecule has 0 saturated carbocycles. The zero-order valence-corrected chi connectivity index (χ0v) is 8.84. The predicted molar refractivity (Wildman–Crippen MR) is 53.9 cm³/mol. The highest BCUT2D eigenvalue weighted by Crippen LogP contribution is 2.28. The van der Waals surface area contributed by atoms with Crippen LogP contribution in [0.3, 0.4) is 0 Å². The molecule has 0 saturated heterocycles. The molecule has 0 aliphatic heterocycles. The maximum Gasteiger partial charge on any atom is 0.431 e. The van der Waals surface area contributed by atoms with E-state index < -0.39 is 17.4 Å². The average molecular weight is 234 g/mol. The van der Waals surface area contributed by atoms with Crippen molar-refractivity contribution in [1.82, 2.24) is 4.57 Å². The molecule has 0 atom stereocenters. The molecule has 1 rings (SSSR count). The Morgan fingerprint density at radius 3 is 2.44 bits per heavy atom. The van der Waals surface area contributed by atoms with E-state index in [0.29, 0.717) is 6.42 Å². The monoisotopic (exact) mass is 234 g/mol. The third-order valence-electron chi connectivity index (χ3n) is 2.21. The highest BCUT2D eigenvalue weighted by molar-refractivity contribution is 5.18. The van der Waals surface area contributed by atoms with E-state index >= 15 is 0 Å². The molecular formula is C10H13F3N2O. The maximum absolute atomic E-state index is 12.6. The van der Waals surface area contributed by atoms with E-state index in [1.807, 2.05) is 0 Å². The van der Waals surface area contributed by atoms with Crippen LogP contribution in [0.4, 0.5) is 13.2 Å². The molecule has 0 aliphatic rings. The van der Waals surface area contributed by atoms with Crippen LogP contribution >= 0.6 is 0 Å². The molecule has 0 bridgehead atoms. The first-order valence-electron chi connectivity index (χ1n) is 4.91. The second kappa shape index (κ2) is 4.69. The molecule has 90 valence electrons. The zero-order chi connectivity index (χ0) is 12.3. The Bertz CT molecular complexity index is 423. The lowest BCUT2D eigenvalue weighted by Gasteiger charge is -2.15. The van der Waals surface area contributed by atoms with Crippen molar-refractivity contribution >= 4 is 0 Å². The fourth-order valence-corrected chi connectivity index (χ4v) is 1.47. The average Bonchev–Trinajstić information content (AvgIpc) is 2.19. The first-order valence-corrected chi connectivity index (χ1v) is 4.91. The Balaban J connectivity index is 3.41. The summed E-state index contributed by atoms with van der Waals surface area (Å²) < 4.78 is 38.5. The molecule has 16 heavy (non-hydrogen) atoms. The summed E-state index contributed by atoms with van der Waals surface area (Å²) in [5.41, 5.74) is 3.90. The van der Waals surface area contributed by atoms with E-state index in [1.54, 1.807) is 6.92 Å². The summed E-state index contributed by atoms with van der Waals surface area (Å²) in [6, 6.07) is 2.04. The lowest BCUT2D eigenvalue weighted by molar-refractivity contribution is -0.144. The van der Waals surface area contributed by atoms with Gasteiger partial charge in [0.05, 0.1) is 0 Å². The number of halogens is 3. The highest BCUT2D eigenvalue weighted by atomic mass is 19.4. The van der Waals surface area contributed by atoms with E-state index in [1.165, 1.54) is 0 Å². The van der Waals surface area contributed by atoms with Crippen LogP contribution in [0.25, 0.3) is 0 Å². The number of alkyl halides is 3. The second-order valence-electron chi connectivity index (χ2n) is 3.40. The van der Waals surface area contributed by atoms with Gasteiger partial charge in [-0.1, -0.05) is 13.0 Å². The molecule has 1 aromatic rings. The summed E-state index contributed by atoms with van der Waals surface area (Å²) in [5, 5.41) is 0. The summed E-state index contributed by atoms with van der Waals surface area (Å²) in [4.78, 5) is 11.6. The Kier molecular flexibility index (Phi) is 3.74. The van der Waals surface area contributed by atoms with Crippen molar-refractivity contribution in [1.29, 1.82) is 0 Å². The molecule has 3 nitrogen and oxygen atoms in total. The normalized spacial score (nSPS) is 11.8. The van der Waals surface area contributed by atoms with Gasteiger partial charge in [-0.3, -0.25) is 4.79 Å². The van der Waals surface area contributed by atoms with Crippen molar-refractivity contribution in [2.24, 2.45) is 5.73 Å². The summed E-state index contributed by atoms with van der Waals surface area (Å²) >= 11 is 0. The van der Waals surface area contributed by atoms with Gasteiger partial charge in [0.15, 0.2) is 0 Å². The van der Waals surface area contributed by atoms with Crippen molar-refractivity contribution in [3.05, 3.63) is 33.7 Å². The van der Waals surface area contributed by atoms with Crippen molar-refractivity contribution in [3.63, 3.8) is 0 Å². The van der Waals surface area contributed by atoms with Gasteiger partial charge >= 0.3 is 6.18 Å². The molecule has 0 aliphatic carbocycles. The second-order valence-corrected chi connectivity index (χ2v) is 3.40. The van der Waals surface area contributed by atoms with Gasteiger partial charge in [-0.05, 0) is 12.5 Å². The van der Waals surface area contributed by atoms with E-state index in [-0.39, 0.29) is 18.7 Å². The molecule has 6 heteroatoms. The lowest BCUT2D eigenvalue weighted by Crippen LogP contribution is -2.31. The Morgan fingerprint density at radius 1 is 1.38 bits per heavy atom. The molecule has 0 amide bonds. The fraction of sp³-hybridized carbons (Fsp3) is 0.500. The third kappa shape index (κ3) is 2.44. The van der Waals surface area contributed by atoms with Crippen molar-refractivity contribution in [2.75, 3.05) is 0 Å². The quantitative estimate of drug-likeness (QED) is 0.865. The summed E-state index contributed by atoms with van der Waals surface area (Å²) in [5.74, 6) is 0. The first-order chi connectivity index (χ1) is 7.41. The van der Waals surface area contributed by atoms with Gasteiger partial charge in [0, 0.05) is 18.7 Å². The molecule has 0 unspecified atom stereocenters. The molecule has 0 spiro atoms. The topological polar surface area (TPSA) is 48.0 Å². The van der Waals surface area contributed by atoms with Crippen molar-refractivity contribution in [3.8, 4) is 0 Å². The van der Waals surface area contributed by atoms with Gasteiger partial charge in [0.25, 0.3) is 5.56 Å². The van der Waals surface area contributed by atoms with Crippen LogP contribution in [-0.2, 0) is 19.3 Å². The van der Waals surface area contributed by atoms with Gasteiger partial charge in [0.1, 0.15) is 5.69 Å². The van der Waals surface area contributed by atoms with Gasteiger partial charge in [-0.25, -0.2) is 0 Å². The number of aromatic nitrogens is 1. The number of pyridine rings is 1. The van der Waals surface area contributed by atoms with Crippen LogP contribution in [0.5, 0.6) is 0 Å². The van der Waals surface area contributed by atoms with E-state index in [0.717, 1.165) is 16.7 Å². The van der Waals surface area contributed by atoms with E-state index in [9.17, 15) is 18.0 Å². The molecule has 0 radical (unpaired) electrons. The summed E-state index contributed by atoms with van der Waals surface area (Å²) in [6.07, 6.45) is -4.06. The maximum atomic E-state index is 12.6. The molecule has 2 N–H and O–H groups in total. The first kappa shape index (κ1) is 12.8. The van der Waals surface area contributed by atoms with Gasteiger partial charge in [0.2, 0.25) is 0 Å². The molecule has 1 aromatic heterocycles. The third-order valence-corrected chi connectivity index (χ3v) is 2.21. The fourth-order valence-electron chi connectivity index (χ4n) is 1.47. The SMILES string of the molecule is CCCn1c(C(F)(F)F)ccc(CN)c1=O. The highest BCUT2D eigenvalue weighted by Gasteiger charge is 2.34.